The second-order valence-electron chi connectivity index (χ2n) is 3.10. The highest BCUT2D eigenvalue weighted by atomic mass is 14.9. The number of hydrogen-bond acceptors (Lipinski definition) is 2. The molecule has 1 aromatic heterocycles. The lowest BCUT2D eigenvalue weighted by Gasteiger charge is -2.10. The van der Waals surface area contributed by atoms with Gasteiger partial charge in [-0.2, -0.15) is 0 Å². The zero-order chi connectivity index (χ0) is 8.81. The summed E-state index contributed by atoms with van der Waals surface area (Å²) in [5, 5.41) is 3.41. The van der Waals surface area contributed by atoms with Crippen LogP contribution >= 0.6 is 0 Å². The number of rotatable bonds is 5. The lowest BCUT2D eigenvalue weighted by atomic mass is 10.2. The summed E-state index contributed by atoms with van der Waals surface area (Å²) in [6.45, 7) is 5.44. The first-order chi connectivity index (χ1) is 5.83. The Morgan fingerprint density at radius 2 is 2.50 bits per heavy atom. The van der Waals surface area contributed by atoms with Crippen LogP contribution in [-0.4, -0.2) is 22.6 Å². The van der Waals surface area contributed by atoms with Crippen LogP contribution in [0.2, 0.25) is 0 Å². The Kier molecular flexibility index (Phi) is 3.80. The van der Waals surface area contributed by atoms with Gasteiger partial charge in [0, 0.05) is 24.9 Å². The summed E-state index contributed by atoms with van der Waals surface area (Å²) >= 11 is 0. The van der Waals surface area contributed by atoms with Crippen molar-refractivity contribution in [2.45, 2.75) is 32.7 Å². The monoisotopic (exact) mass is 167 g/mol. The first-order valence-electron chi connectivity index (χ1n) is 4.54. The number of nitrogens with zero attached hydrogens (tertiary/aromatic N) is 1. The van der Waals surface area contributed by atoms with Gasteiger partial charge >= 0.3 is 0 Å². The normalized spacial score (nSPS) is 13.2. The molecule has 1 heterocycles. The van der Waals surface area contributed by atoms with Crippen molar-refractivity contribution in [3.63, 3.8) is 0 Å². The van der Waals surface area contributed by atoms with Crippen molar-refractivity contribution in [2.75, 3.05) is 6.54 Å². The molecule has 0 spiro atoms. The molecule has 1 rings (SSSR count). The van der Waals surface area contributed by atoms with E-state index in [-0.39, 0.29) is 0 Å². The Morgan fingerprint density at radius 1 is 1.67 bits per heavy atom. The van der Waals surface area contributed by atoms with E-state index in [1.165, 1.54) is 6.42 Å². The van der Waals surface area contributed by atoms with Crippen LogP contribution in [0, 0.1) is 0 Å². The van der Waals surface area contributed by atoms with Crippen LogP contribution in [0.25, 0.3) is 0 Å². The molecule has 3 heteroatoms. The van der Waals surface area contributed by atoms with Gasteiger partial charge in [0.1, 0.15) is 5.82 Å². The van der Waals surface area contributed by atoms with Crippen LogP contribution < -0.4 is 5.32 Å². The van der Waals surface area contributed by atoms with Crippen LogP contribution in [0.1, 0.15) is 26.1 Å². The van der Waals surface area contributed by atoms with Gasteiger partial charge in [-0.15, -0.1) is 0 Å². The molecule has 0 aliphatic heterocycles. The largest absolute Gasteiger partial charge is 0.349 e. The first-order valence-corrected chi connectivity index (χ1v) is 4.54. The van der Waals surface area contributed by atoms with Gasteiger partial charge in [0.25, 0.3) is 0 Å². The summed E-state index contributed by atoms with van der Waals surface area (Å²) in [5.74, 6) is 1.06. The number of H-pyrrole nitrogens is 1. The van der Waals surface area contributed by atoms with E-state index in [1.54, 1.807) is 6.20 Å². The van der Waals surface area contributed by atoms with E-state index in [9.17, 15) is 0 Å². The molecule has 0 saturated heterocycles. The molecule has 1 unspecified atom stereocenters. The SMILES string of the molecule is CCCNC(C)Cc1ncc[nH]1. The van der Waals surface area contributed by atoms with Crippen LogP contribution in [-0.2, 0) is 6.42 Å². The highest BCUT2D eigenvalue weighted by Gasteiger charge is 2.02. The van der Waals surface area contributed by atoms with Crippen LogP contribution in [0.3, 0.4) is 0 Å². The number of aromatic amines is 1. The number of imidazole rings is 1. The van der Waals surface area contributed by atoms with Gasteiger partial charge in [0.2, 0.25) is 0 Å². The molecule has 0 bridgehead atoms. The van der Waals surface area contributed by atoms with E-state index in [0.29, 0.717) is 6.04 Å². The Hall–Kier alpha value is -0.830. The molecule has 0 aromatic carbocycles. The minimum atomic E-state index is 0.510. The molecule has 2 N–H and O–H groups in total. The minimum Gasteiger partial charge on any atom is -0.349 e. The summed E-state index contributed by atoms with van der Waals surface area (Å²) in [4.78, 5) is 7.26. The Balaban J connectivity index is 2.22. The van der Waals surface area contributed by atoms with E-state index in [4.69, 9.17) is 0 Å². The Bertz CT molecular complexity index is 194. The topological polar surface area (TPSA) is 40.7 Å². The summed E-state index contributed by atoms with van der Waals surface area (Å²) in [7, 11) is 0. The van der Waals surface area contributed by atoms with Crippen molar-refractivity contribution in [3.05, 3.63) is 18.2 Å². The smallest absolute Gasteiger partial charge is 0.107 e. The highest BCUT2D eigenvalue weighted by Crippen LogP contribution is 1.95. The van der Waals surface area contributed by atoms with Gasteiger partial charge in [-0.1, -0.05) is 6.92 Å². The molecule has 0 aliphatic carbocycles. The fourth-order valence-electron chi connectivity index (χ4n) is 1.16. The Labute approximate surface area is 73.6 Å². The maximum absolute atomic E-state index is 4.17. The summed E-state index contributed by atoms with van der Waals surface area (Å²) in [6.07, 6.45) is 5.82. The van der Waals surface area contributed by atoms with Crippen LogP contribution in [0.5, 0.6) is 0 Å². The molecule has 68 valence electrons. The molecule has 0 radical (unpaired) electrons. The lowest BCUT2D eigenvalue weighted by molar-refractivity contribution is 0.534. The van der Waals surface area contributed by atoms with E-state index < -0.39 is 0 Å². The molecule has 3 nitrogen and oxygen atoms in total. The second kappa shape index (κ2) is 4.93. The molecule has 1 atom stereocenters. The van der Waals surface area contributed by atoms with E-state index >= 15 is 0 Å². The molecular weight excluding hydrogens is 150 g/mol. The van der Waals surface area contributed by atoms with Crippen molar-refractivity contribution in [3.8, 4) is 0 Å². The quantitative estimate of drug-likeness (QED) is 0.694. The first kappa shape index (κ1) is 9.26. The third-order valence-electron chi connectivity index (χ3n) is 1.80. The molecule has 12 heavy (non-hydrogen) atoms. The van der Waals surface area contributed by atoms with Crippen molar-refractivity contribution in [1.82, 2.24) is 15.3 Å². The molecular formula is C9H17N3. The maximum atomic E-state index is 4.17. The Morgan fingerprint density at radius 3 is 3.08 bits per heavy atom. The van der Waals surface area contributed by atoms with Gasteiger partial charge in [-0.25, -0.2) is 4.98 Å². The fraction of sp³-hybridized carbons (Fsp3) is 0.667. The zero-order valence-electron chi connectivity index (χ0n) is 7.80. The van der Waals surface area contributed by atoms with Gasteiger partial charge in [-0.3, -0.25) is 0 Å². The van der Waals surface area contributed by atoms with Crippen molar-refractivity contribution < 1.29 is 0 Å². The molecule has 0 amide bonds. The van der Waals surface area contributed by atoms with Crippen molar-refractivity contribution >= 4 is 0 Å². The second-order valence-corrected chi connectivity index (χ2v) is 3.10. The molecule has 0 aliphatic rings. The molecule has 0 saturated carbocycles. The average molecular weight is 167 g/mol. The molecule has 1 aromatic rings. The standard InChI is InChI=1S/C9H17N3/c1-3-4-10-8(2)7-9-11-5-6-12-9/h5-6,8,10H,3-4,7H2,1-2H3,(H,11,12). The van der Waals surface area contributed by atoms with E-state index in [1.807, 2.05) is 6.20 Å². The average Bonchev–Trinajstić information content (AvgIpc) is 2.53. The van der Waals surface area contributed by atoms with E-state index in [2.05, 4.69) is 29.1 Å². The minimum absolute atomic E-state index is 0.510. The number of aromatic nitrogens is 2. The van der Waals surface area contributed by atoms with Gasteiger partial charge in [0.05, 0.1) is 0 Å². The zero-order valence-corrected chi connectivity index (χ0v) is 7.80. The highest BCUT2D eigenvalue weighted by molar-refractivity contribution is 4.89. The lowest BCUT2D eigenvalue weighted by Crippen LogP contribution is -2.28. The molecule has 0 fully saturated rings. The maximum Gasteiger partial charge on any atom is 0.107 e. The van der Waals surface area contributed by atoms with Gasteiger partial charge in [0.15, 0.2) is 0 Å². The fourth-order valence-corrected chi connectivity index (χ4v) is 1.16. The summed E-state index contributed by atoms with van der Waals surface area (Å²) in [5.41, 5.74) is 0. The predicted octanol–water partition coefficient (Wildman–Crippen LogP) is 1.34. The van der Waals surface area contributed by atoms with Crippen molar-refractivity contribution in [1.29, 1.82) is 0 Å². The third-order valence-corrected chi connectivity index (χ3v) is 1.80. The van der Waals surface area contributed by atoms with Crippen LogP contribution in [0.15, 0.2) is 12.4 Å². The van der Waals surface area contributed by atoms with E-state index in [0.717, 1.165) is 18.8 Å². The van der Waals surface area contributed by atoms with Gasteiger partial charge in [-0.05, 0) is 19.9 Å². The number of nitrogens with one attached hydrogen (secondary N) is 2. The van der Waals surface area contributed by atoms with Crippen LogP contribution in [0.4, 0.5) is 0 Å². The summed E-state index contributed by atoms with van der Waals surface area (Å²) in [6, 6.07) is 0.510. The third kappa shape index (κ3) is 3.05. The summed E-state index contributed by atoms with van der Waals surface area (Å²) < 4.78 is 0. The van der Waals surface area contributed by atoms with Gasteiger partial charge < -0.3 is 10.3 Å². The van der Waals surface area contributed by atoms with Crippen molar-refractivity contribution in [2.24, 2.45) is 0 Å². The number of hydrogen-bond donors (Lipinski definition) is 2. The predicted molar refractivity (Wildman–Crippen MR) is 50.0 cm³/mol.